The van der Waals surface area contributed by atoms with E-state index in [9.17, 15) is 13.2 Å². The largest absolute Gasteiger partial charge is 0.476 e. The second-order valence-corrected chi connectivity index (χ2v) is 8.52. The van der Waals surface area contributed by atoms with Crippen LogP contribution >= 0.6 is 11.3 Å². The molecule has 19 heavy (non-hydrogen) atoms. The molecule has 106 valence electrons. The minimum atomic E-state index is -3.39. The highest BCUT2D eigenvalue weighted by Crippen LogP contribution is 2.43. The molecule has 0 bridgehead atoms. The molecule has 0 aliphatic heterocycles. The van der Waals surface area contributed by atoms with Crippen molar-refractivity contribution in [3.05, 3.63) is 15.6 Å². The molecule has 0 saturated heterocycles. The maximum absolute atomic E-state index is 12.1. The van der Waals surface area contributed by atoms with Gasteiger partial charge < -0.3 is 5.11 Å². The van der Waals surface area contributed by atoms with E-state index in [1.54, 1.807) is 20.8 Å². The Morgan fingerprint density at radius 2 is 2.11 bits per heavy atom. The SMILES string of the molecule is Cc1sc(C(C)NS(=O)(=O)C2(C)CC2)nc1C(=O)O. The number of carboxylic acids is 1. The Kier molecular flexibility index (Phi) is 3.44. The number of nitrogens with one attached hydrogen (secondary N) is 1. The lowest BCUT2D eigenvalue weighted by molar-refractivity contribution is 0.0690. The van der Waals surface area contributed by atoms with Gasteiger partial charge in [-0.15, -0.1) is 11.3 Å². The van der Waals surface area contributed by atoms with Gasteiger partial charge in [0.1, 0.15) is 5.01 Å². The Hall–Kier alpha value is -0.990. The van der Waals surface area contributed by atoms with E-state index in [1.807, 2.05) is 0 Å². The smallest absolute Gasteiger partial charge is 0.355 e. The van der Waals surface area contributed by atoms with Gasteiger partial charge in [0.05, 0.1) is 10.8 Å². The number of aromatic nitrogens is 1. The first-order chi connectivity index (χ1) is 8.66. The van der Waals surface area contributed by atoms with Crippen LogP contribution in [0, 0.1) is 6.92 Å². The zero-order valence-corrected chi connectivity index (χ0v) is 12.6. The van der Waals surface area contributed by atoms with E-state index in [4.69, 9.17) is 5.11 Å². The third kappa shape index (κ3) is 2.65. The van der Waals surface area contributed by atoms with Crippen LogP contribution in [0.1, 0.15) is 53.1 Å². The summed E-state index contributed by atoms with van der Waals surface area (Å²) in [7, 11) is -3.39. The van der Waals surface area contributed by atoms with Crippen LogP contribution in [-0.2, 0) is 10.0 Å². The van der Waals surface area contributed by atoms with Crippen molar-refractivity contribution in [2.24, 2.45) is 0 Å². The lowest BCUT2D eigenvalue weighted by Crippen LogP contribution is -2.35. The summed E-state index contributed by atoms with van der Waals surface area (Å²) in [5.41, 5.74) is -0.0105. The summed E-state index contributed by atoms with van der Waals surface area (Å²) in [6.07, 6.45) is 1.32. The van der Waals surface area contributed by atoms with Gasteiger partial charge in [-0.1, -0.05) is 0 Å². The summed E-state index contributed by atoms with van der Waals surface area (Å²) in [5.74, 6) is -1.09. The first-order valence-corrected chi connectivity index (χ1v) is 8.19. The Bertz CT molecular complexity index is 617. The lowest BCUT2D eigenvalue weighted by Gasteiger charge is -2.16. The molecular weight excluding hydrogens is 288 g/mol. The molecule has 1 aliphatic rings. The predicted molar refractivity (Wildman–Crippen MR) is 71.9 cm³/mol. The molecule has 2 N–H and O–H groups in total. The summed E-state index contributed by atoms with van der Waals surface area (Å²) >= 11 is 1.20. The third-order valence-corrected chi connectivity index (χ3v) is 6.84. The lowest BCUT2D eigenvalue weighted by atomic mass is 10.3. The van der Waals surface area contributed by atoms with E-state index in [-0.39, 0.29) is 5.69 Å². The monoisotopic (exact) mass is 304 g/mol. The molecule has 1 saturated carbocycles. The molecule has 1 aromatic rings. The quantitative estimate of drug-likeness (QED) is 0.862. The van der Waals surface area contributed by atoms with Gasteiger partial charge >= 0.3 is 5.97 Å². The fourth-order valence-electron chi connectivity index (χ4n) is 1.67. The molecule has 1 atom stereocenters. The minimum Gasteiger partial charge on any atom is -0.476 e. The summed E-state index contributed by atoms with van der Waals surface area (Å²) < 4.78 is 26.1. The van der Waals surface area contributed by atoms with Crippen LogP contribution in [-0.4, -0.2) is 29.2 Å². The number of sulfonamides is 1. The Morgan fingerprint density at radius 3 is 2.53 bits per heavy atom. The molecule has 1 heterocycles. The van der Waals surface area contributed by atoms with E-state index >= 15 is 0 Å². The first-order valence-electron chi connectivity index (χ1n) is 5.89. The molecule has 6 nitrogen and oxygen atoms in total. The van der Waals surface area contributed by atoms with Crippen molar-refractivity contribution in [2.75, 3.05) is 0 Å². The van der Waals surface area contributed by atoms with Crippen LogP contribution < -0.4 is 4.72 Å². The van der Waals surface area contributed by atoms with Crippen molar-refractivity contribution in [1.82, 2.24) is 9.71 Å². The van der Waals surface area contributed by atoms with Gasteiger partial charge in [0, 0.05) is 4.88 Å². The van der Waals surface area contributed by atoms with Crippen LogP contribution in [0.3, 0.4) is 0 Å². The fraction of sp³-hybridized carbons (Fsp3) is 0.636. The second-order valence-electron chi connectivity index (χ2n) is 5.05. The maximum atomic E-state index is 12.1. The molecule has 1 fully saturated rings. The number of aryl methyl sites for hydroxylation is 1. The van der Waals surface area contributed by atoms with Gasteiger partial charge in [0.25, 0.3) is 0 Å². The molecule has 0 radical (unpaired) electrons. The molecule has 8 heteroatoms. The van der Waals surface area contributed by atoms with Crippen molar-refractivity contribution in [3.8, 4) is 0 Å². The molecule has 1 unspecified atom stereocenters. The molecule has 0 amide bonds. The van der Waals surface area contributed by atoms with Gasteiger partial charge in [-0.05, 0) is 33.6 Å². The summed E-state index contributed by atoms with van der Waals surface area (Å²) in [6.45, 7) is 5.04. The van der Waals surface area contributed by atoms with Crippen molar-refractivity contribution < 1.29 is 18.3 Å². The molecule has 2 rings (SSSR count). The minimum absolute atomic E-state index is 0.0105. The van der Waals surface area contributed by atoms with Gasteiger partial charge in [0.2, 0.25) is 10.0 Å². The Balaban J connectivity index is 2.19. The number of rotatable bonds is 5. The van der Waals surface area contributed by atoms with Gasteiger partial charge in [-0.3, -0.25) is 0 Å². The van der Waals surface area contributed by atoms with E-state index < -0.39 is 26.8 Å². The summed E-state index contributed by atoms with van der Waals surface area (Å²) in [6, 6.07) is -0.515. The standard InChI is InChI=1S/C11H16N2O4S2/c1-6(13-19(16,17)11(3)4-5-11)9-12-8(10(14)15)7(2)18-9/h6,13H,4-5H2,1-3H3,(H,14,15). The third-order valence-electron chi connectivity index (χ3n) is 3.32. The average molecular weight is 304 g/mol. The van der Waals surface area contributed by atoms with Crippen LogP contribution in [0.4, 0.5) is 0 Å². The Morgan fingerprint density at radius 1 is 1.53 bits per heavy atom. The number of carbonyl (C=O) groups is 1. The predicted octanol–water partition coefficient (Wildman–Crippen LogP) is 1.68. The van der Waals surface area contributed by atoms with Crippen molar-refractivity contribution in [1.29, 1.82) is 0 Å². The Labute approximate surface area is 115 Å². The average Bonchev–Trinajstić information content (AvgIpc) is 2.90. The van der Waals surface area contributed by atoms with Crippen LogP contribution in [0.5, 0.6) is 0 Å². The molecule has 0 spiro atoms. The van der Waals surface area contributed by atoms with Crippen molar-refractivity contribution >= 4 is 27.3 Å². The van der Waals surface area contributed by atoms with E-state index in [0.717, 1.165) is 0 Å². The number of hydrogen-bond acceptors (Lipinski definition) is 5. The topological polar surface area (TPSA) is 96.4 Å². The van der Waals surface area contributed by atoms with Gasteiger partial charge in [-0.2, -0.15) is 0 Å². The van der Waals surface area contributed by atoms with E-state index in [1.165, 1.54) is 11.3 Å². The molecule has 0 aromatic carbocycles. The maximum Gasteiger partial charge on any atom is 0.355 e. The van der Waals surface area contributed by atoms with E-state index in [2.05, 4.69) is 9.71 Å². The van der Waals surface area contributed by atoms with Crippen LogP contribution in [0.25, 0.3) is 0 Å². The molecular formula is C11H16N2O4S2. The zero-order chi connectivity index (χ0) is 14.4. The molecule has 1 aromatic heterocycles. The van der Waals surface area contributed by atoms with Crippen LogP contribution in [0.2, 0.25) is 0 Å². The number of carboxylic acid groups (broad SMARTS) is 1. The normalized spacial score (nSPS) is 19.1. The number of thiazole rings is 1. The number of hydrogen-bond donors (Lipinski definition) is 2. The van der Waals surface area contributed by atoms with Crippen molar-refractivity contribution in [2.45, 2.75) is 44.4 Å². The summed E-state index contributed by atoms with van der Waals surface area (Å²) in [5, 5.41) is 9.41. The van der Waals surface area contributed by atoms with Gasteiger partial charge in [-0.25, -0.2) is 22.9 Å². The number of aromatic carboxylic acids is 1. The molecule has 1 aliphatic carbocycles. The second kappa shape index (κ2) is 4.53. The first kappa shape index (κ1) is 14.4. The number of nitrogens with zero attached hydrogens (tertiary/aromatic N) is 1. The van der Waals surface area contributed by atoms with Gasteiger partial charge in [0.15, 0.2) is 5.69 Å². The summed E-state index contributed by atoms with van der Waals surface area (Å²) in [4.78, 5) is 15.5. The van der Waals surface area contributed by atoms with Crippen molar-refractivity contribution in [3.63, 3.8) is 0 Å². The fourth-order valence-corrected chi connectivity index (χ4v) is 4.16. The van der Waals surface area contributed by atoms with Crippen LogP contribution in [0.15, 0.2) is 0 Å². The highest BCUT2D eigenvalue weighted by atomic mass is 32.2. The zero-order valence-electron chi connectivity index (χ0n) is 10.9. The van der Waals surface area contributed by atoms with E-state index in [0.29, 0.717) is 22.7 Å². The highest BCUT2D eigenvalue weighted by Gasteiger charge is 2.50. The highest BCUT2D eigenvalue weighted by molar-refractivity contribution is 7.91.